The monoisotopic (exact) mass is 311 g/mol. The van der Waals surface area contributed by atoms with Crippen molar-refractivity contribution in [3.63, 3.8) is 0 Å². The van der Waals surface area contributed by atoms with Crippen molar-refractivity contribution in [2.75, 3.05) is 18.6 Å². The normalized spacial score (nSPS) is 16.5. The lowest BCUT2D eigenvalue weighted by atomic mass is 10.0. The van der Waals surface area contributed by atoms with Crippen LogP contribution in [0.25, 0.3) is 0 Å². The van der Waals surface area contributed by atoms with Crippen molar-refractivity contribution in [1.29, 1.82) is 0 Å². The summed E-state index contributed by atoms with van der Waals surface area (Å²) in [4.78, 5) is 25.7. The maximum absolute atomic E-state index is 12.4. The molecule has 3 N–H and O–H groups in total. The predicted molar refractivity (Wildman–Crippen MR) is 86.2 cm³/mol. The van der Waals surface area contributed by atoms with Gasteiger partial charge in [0.05, 0.1) is 24.9 Å². The zero-order chi connectivity index (χ0) is 16.4. The van der Waals surface area contributed by atoms with Crippen molar-refractivity contribution in [1.82, 2.24) is 5.32 Å². The van der Waals surface area contributed by atoms with Crippen LogP contribution in [0, 0.1) is 0 Å². The zero-order valence-electron chi connectivity index (χ0n) is 12.7. The van der Waals surface area contributed by atoms with Crippen LogP contribution in [-0.4, -0.2) is 25.5 Å². The molecule has 0 spiro atoms. The van der Waals surface area contributed by atoms with Gasteiger partial charge in [-0.2, -0.15) is 0 Å². The number of carbonyl (C=O) groups excluding carboxylic acids is 2. The van der Waals surface area contributed by atoms with E-state index >= 15 is 0 Å². The molecule has 0 radical (unpaired) electrons. The molecular weight excluding hydrogens is 294 g/mol. The number of nitrogens with one attached hydrogen (secondary N) is 1. The number of hydrogen-bond donors (Lipinski definition) is 2. The van der Waals surface area contributed by atoms with Crippen molar-refractivity contribution in [2.24, 2.45) is 5.73 Å². The molecule has 0 aromatic heterocycles. The van der Waals surface area contributed by atoms with Crippen molar-refractivity contribution in [2.45, 2.75) is 6.17 Å². The Balaban J connectivity index is 2.08. The van der Waals surface area contributed by atoms with E-state index in [9.17, 15) is 9.59 Å². The summed E-state index contributed by atoms with van der Waals surface area (Å²) >= 11 is 0. The molecule has 2 aromatic rings. The Labute approximate surface area is 133 Å². The van der Waals surface area contributed by atoms with Crippen molar-refractivity contribution >= 4 is 17.5 Å². The van der Waals surface area contributed by atoms with Gasteiger partial charge in [0, 0.05) is 0 Å². The fraction of sp³-hybridized carbons (Fsp3) is 0.176. The maximum Gasteiger partial charge on any atom is 0.255 e. The first-order chi connectivity index (χ1) is 11.1. The van der Waals surface area contributed by atoms with Gasteiger partial charge in [-0.25, -0.2) is 0 Å². The first-order valence-corrected chi connectivity index (χ1v) is 7.19. The summed E-state index contributed by atoms with van der Waals surface area (Å²) in [6, 6.07) is 14.5. The molecule has 6 heteroatoms. The van der Waals surface area contributed by atoms with Gasteiger partial charge in [-0.05, 0) is 29.8 Å². The van der Waals surface area contributed by atoms with Gasteiger partial charge in [0.1, 0.15) is 11.9 Å². The molecule has 1 aliphatic heterocycles. The fourth-order valence-electron chi connectivity index (χ4n) is 2.75. The zero-order valence-corrected chi connectivity index (χ0v) is 12.7. The molecule has 6 nitrogen and oxygen atoms in total. The van der Waals surface area contributed by atoms with E-state index < -0.39 is 12.1 Å². The van der Waals surface area contributed by atoms with Gasteiger partial charge in [-0.1, -0.05) is 24.3 Å². The molecule has 23 heavy (non-hydrogen) atoms. The predicted octanol–water partition coefficient (Wildman–Crippen LogP) is 1.43. The number of primary amides is 1. The van der Waals surface area contributed by atoms with Gasteiger partial charge in [0.15, 0.2) is 0 Å². The Kier molecular flexibility index (Phi) is 3.89. The molecular formula is C17H17N3O3. The molecule has 1 atom stereocenters. The summed E-state index contributed by atoms with van der Waals surface area (Å²) in [7, 11) is 1.58. The largest absolute Gasteiger partial charge is 0.497 e. The molecule has 118 valence electrons. The second kappa shape index (κ2) is 6.00. The highest BCUT2D eigenvalue weighted by atomic mass is 16.5. The van der Waals surface area contributed by atoms with E-state index in [2.05, 4.69) is 5.32 Å². The van der Waals surface area contributed by atoms with Gasteiger partial charge in [-0.15, -0.1) is 0 Å². The third-order valence-corrected chi connectivity index (χ3v) is 3.77. The van der Waals surface area contributed by atoms with Crippen LogP contribution in [0.3, 0.4) is 0 Å². The number of ether oxygens (including phenoxy) is 1. The number of fused-ring (bicyclic) bond motifs is 1. The van der Waals surface area contributed by atoms with Crippen LogP contribution in [0.4, 0.5) is 5.69 Å². The lowest BCUT2D eigenvalue weighted by Gasteiger charge is -2.38. The Hall–Kier alpha value is -3.02. The summed E-state index contributed by atoms with van der Waals surface area (Å²) in [5, 5.41) is 2.92. The molecule has 0 aliphatic carbocycles. The average Bonchev–Trinajstić information content (AvgIpc) is 2.57. The van der Waals surface area contributed by atoms with Crippen molar-refractivity contribution < 1.29 is 14.3 Å². The van der Waals surface area contributed by atoms with E-state index in [0.717, 1.165) is 5.56 Å². The van der Waals surface area contributed by atoms with Crippen LogP contribution < -0.4 is 20.7 Å². The van der Waals surface area contributed by atoms with E-state index in [-0.39, 0.29) is 12.5 Å². The van der Waals surface area contributed by atoms with Crippen LogP contribution in [0.1, 0.15) is 22.1 Å². The van der Waals surface area contributed by atoms with Gasteiger partial charge >= 0.3 is 0 Å². The standard InChI is InChI=1S/C17H17N3O3/c1-23-12-6-4-5-11(9-12)16-19-17(22)13-7-2-3-8-14(13)20(16)10-15(18)21/h2-9,16H,10H2,1H3,(H2,18,21)(H,19,22). The topological polar surface area (TPSA) is 84.7 Å². The molecule has 1 aliphatic rings. The number of anilines is 1. The molecule has 0 saturated carbocycles. The molecule has 3 rings (SSSR count). The molecule has 2 aromatic carbocycles. The summed E-state index contributed by atoms with van der Waals surface area (Å²) in [5.41, 5.74) is 7.41. The van der Waals surface area contributed by atoms with E-state index in [1.165, 1.54) is 0 Å². The smallest absolute Gasteiger partial charge is 0.255 e. The number of para-hydroxylation sites is 1. The maximum atomic E-state index is 12.4. The van der Waals surface area contributed by atoms with Gasteiger partial charge < -0.3 is 20.7 Å². The number of rotatable bonds is 4. The highest BCUT2D eigenvalue weighted by molar-refractivity contribution is 6.02. The van der Waals surface area contributed by atoms with Crippen LogP contribution in [-0.2, 0) is 4.79 Å². The average molecular weight is 311 g/mol. The number of methoxy groups -OCH3 is 1. The van der Waals surface area contributed by atoms with E-state index in [0.29, 0.717) is 17.0 Å². The van der Waals surface area contributed by atoms with E-state index in [4.69, 9.17) is 10.5 Å². The molecule has 0 saturated heterocycles. The number of carbonyl (C=O) groups is 2. The van der Waals surface area contributed by atoms with Gasteiger partial charge in [0.2, 0.25) is 5.91 Å². The minimum atomic E-state index is -0.486. The Morgan fingerprint density at radius 2 is 2.04 bits per heavy atom. The van der Waals surface area contributed by atoms with Crippen molar-refractivity contribution in [3.05, 3.63) is 59.7 Å². The number of nitrogens with zero attached hydrogens (tertiary/aromatic N) is 1. The molecule has 1 heterocycles. The lowest BCUT2D eigenvalue weighted by Crippen LogP contribution is -2.49. The van der Waals surface area contributed by atoms with Crippen LogP contribution in [0.5, 0.6) is 5.75 Å². The Morgan fingerprint density at radius 3 is 2.78 bits per heavy atom. The third-order valence-electron chi connectivity index (χ3n) is 3.77. The van der Waals surface area contributed by atoms with Crippen LogP contribution in [0.15, 0.2) is 48.5 Å². The van der Waals surface area contributed by atoms with E-state index in [1.807, 2.05) is 36.4 Å². The minimum Gasteiger partial charge on any atom is -0.497 e. The second-order valence-electron chi connectivity index (χ2n) is 5.26. The quantitative estimate of drug-likeness (QED) is 0.894. The van der Waals surface area contributed by atoms with Crippen molar-refractivity contribution in [3.8, 4) is 5.75 Å². The SMILES string of the molecule is COc1cccc(C2NC(=O)c3ccccc3N2CC(N)=O)c1. The Morgan fingerprint density at radius 1 is 1.26 bits per heavy atom. The molecule has 0 bridgehead atoms. The van der Waals surface area contributed by atoms with E-state index in [1.54, 1.807) is 24.1 Å². The number of hydrogen-bond acceptors (Lipinski definition) is 4. The highest BCUT2D eigenvalue weighted by Gasteiger charge is 2.32. The number of benzene rings is 2. The number of nitrogens with two attached hydrogens (primary N) is 1. The molecule has 0 fully saturated rings. The Bertz CT molecular complexity index is 760. The number of amides is 2. The lowest BCUT2D eigenvalue weighted by molar-refractivity contribution is -0.116. The highest BCUT2D eigenvalue weighted by Crippen LogP contribution is 2.33. The molecule has 1 unspecified atom stereocenters. The van der Waals surface area contributed by atoms with Crippen LogP contribution in [0.2, 0.25) is 0 Å². The third kappa shape index (κ3) is 2.83. The van der Waals surface area contributed by atoms with Gasteiger partial charge in [-0.3, -0.25) is 9.59 Å². The first-order valence-electron chi connectivity index (χ1n) is 7.19. The summed E-state index contributed by atoms with van der Waals surface area (Å²) in [6.07, 6.45) is -0.486. The minimum absolute atomic E-state index is 0.000824. The first kappa shape index (κ1) is 14.9. The second-order valence-corrected chi connectivity index (χ2v) is 5.26. The fourth-order valence-corrected chi connectivity index (χ4v) is 2.75. The summed E-state index contributed by atoms with van der Waals surface area (Å²) in [6.45, 7) is -0.000824. The van der Waals surface area contributed by atoms with Crippen LogP contribution >= 0.6 is 0 Å². The summed E-state index contributed by atoms with van der Waals surface area (Å²) < 4.78 is 5.24. The molecule has 2 amide bonds. The van der Waals surface area contributed by atoms with Gasteiger partial charge in [0.25, 0.3) is 5.91 Å². The summed E-state index contributed by atoms with van der Waals surface area (Å²) in [5.74, 6) is 0.0209.